The minimum absolute atomic E-state index is 0.00976. The Hall–Kier alpha value is -1.10. The summed E-state index contributed by atoms with van der Waals surface area (Å²) in [6.07, 6.45) is 3.71. The number of carboxylic acids is 1. The van der Waals surface area contributed by atoms with Crippen LogP contribution in [0.25, 0.3) is 0 Å². The minimum atomic E-state index is -1.18. The van der Waals surface area contributed by atoms with Gasteiger partial charge in [-0.1, -0.05) is 26.7 Å². The third-order valence-corrected chi connectivity index (χ3v) is 3.13. The summed E-state index contributed by atoms with van der Waals surface area (Å²) in [5, 5.41) is 8.75. The maximum absolute atomic E-state index is 11.6. The number of ether oxygens (including phenoxy) is 2. The van der Waals surface area contributed by atoms with Gasteiger partial charge in [-0.2, -0.15) is 0 Å². The standard InChI is InChI=1S/C13H22O5/c1-8(2)13(17-10-6-4-5-7-10)18-12(16)9(3)11(14)15/h8-10,13H,4-7H2,1-3H3,(H,14,15). The number of carbonyl (C=O) groups is 2. The first kappa shape index (κ1) is 15.0. The number of hydrogen-bond acceptors (Lipinski definition) is 4. The van der Waals surface area contributed by atoms with Crippen molar-refractivity contribution in [2.45, 2.75) is 58.8 Å². The molecule has 0 radical (unpaired) electrons. The fourth-order valence-corrected chi connectivity index (χ4v) is 1.85. The van der Waals surface area contributed by atoms with Crippen molar-refractivity contribution in [3.05, 3.63) is 0 Å². The highest BCUT2D eigenvalue weighted by molar-refractivity contribution is 5.93. The molecule has 104 valence electrons. The molecule has 2 unspecified atom stereocenters. The monoisotopic (exact) mass is 258 g/mol. The molecule has 0 heterocycles. The van der Waals surface area contributed by atoms with E-state index in [1.807, 2.05) is 13.8 Å². The number of carbonyl (C=O) groups excluding carboxylic acids is 1. The van der Waals surface area contributed by atoms with Crippen molar-refractivity contribution >= 4 is 11.9 Å². The normalized spacial score (nSPS) is 19.8. The smallest absolute Gasteiger partial charge is 0.322 e. The highest BCUT2D eigenvalue weighted by Gasteiger charge is 2.29. The molecular weight excluding hydrogens is 236 g/mol. The van der Waals surface area contributed by atoms with Crippen molar-refractivity contribution in [2.24, 2.45) is 11.8 Å². The largest absolute Gasteiger partial charge is 0.481 e. The van der Waals surface area contributed by atoms with Crippen LogP contribution in [0.1, 0.15) is 46.5 Å². The van der Waals surface area contributed by atoms with Gasteiger partial charge in [-0.05, 0) is 19.8 Å². The molecule has 0 bridgehead atoms. The molecule has 5 nitrogen and oxygen atoms in total. The van der Waals surface area contributed by atoms with E-state index in [1.165, 1.54) is 6.92 Å². The van der Waals surface area contributed by atoms with Crippen molar-refractivity contribution in [2.75, 3.05) is 0 Å². The average Bonchev–Trinajstić information content (AvgIpc) is 2.79. The van der Waals surface area contributed by atoms with Crippen LogP contribution in [0.5, 0.6) is 0 Å². The van der Waals surface area contributed by atoms with Gasteiger partial charge in [0, 0.05) is 5.92 Å². The second-order valence-corrected chi connectivity index (χ2v) is 5.15. The van der Waals surface area contributed by atoms with E-state index in [4.69, 9.17) is 14.6 Å². The predicted molar refractivity (Wildman–Crippen MR) is 64.9 cm³/mol. The maximum Gasteiger partial charge on any atom is 0.322 e. The molecule has 0 aromatic heterocycles. The number of aliphatic carboxylic acids is 1. The highest BCUT2D eigenvalue weighted by atomic mass is 16.7. The Bertz CT molecular complexity index is 294. The zero-order valence-corrected chi connectivity index (χ0v) is 11.2. The van der Waals surface area contributed by atoms with Crippen LogP contribution in [-0.2, 0) is 19.1 Å². The summed E-state index contributed by atoms with van der Waals surface area (Å²) < 4.78 is 10.9. The number of esters is 1. The van der Waals surface area contributed by atoms with E-state index in [-0.39, 0.29) is 12.0 Å². The highest BCUT2D eigenvalue weighted by Crippen LogP contribution is 2.24. The first-order valence-electron chi connectivity index (χ1n) is 6.50. The lowest BCUT2D eigenvalue weighted by molar-refractivity contribution is -0.205. The zero-order valence-electron chi connectivity index (χ0n) is 11.2. The van der Waals surface area contributed by atoms with Gasteiger partial charge in [-0.25, -0.2) is 0 Å². The summed E-state index contributed by atoms with van der Waals surface area (Å²) in [7, 11) is 0. The van der Waals surface area contributed by atoms with E-state index >= 15 is 0 Å². The van der Waals surface area contributed by atoms with Crippen LogP contribution in [0, 0.1) is 11.8 Å². The Balaban J connectivity index is 2.51. The fourth-order valence-electron chi connectivity index (χ4n) is 1.85. The first-order chi connectivity index (χ1) is 8.41. The topological polar surface area (TPSA) is 72.8 Å². The number of rotatable bonds is 6. The van der Waals surface area contributed by atoms with E-state index in [9.17, 15) is 9.59 Å². The van der Waals surface area contributed by atoms with Gasteiger partial charge in [0.05, 0.1) is 6.10 Å². The Morgan fingerprint density at radius 2 is 1.72 bits per heavy atom. The van der Waals surface area contributed by atoms with E-state index in [1.54, 1.807) is 0 Å². The Kier molecular flexibility index (Phi) is 5.59. The van der Waals surface area contributed by atoms with Gasteiger partial charge >= 0.3 is 11.9 Å². The van der Waals surface area contributed by atoms with Crippen molar-refractivity contribution in [1.82, 2.24) is 0 Å². The minimum Gasteiger partial charge on any atom is -0.481 e. The zero-order chi connectivity index (χ0) is 13.7. The maximum atomic E-state index is 11.6. The van der Waals surface area contributed by atoms with Gasteiger partial charge in [-0.15, -0.1) is 0 Å². The lowest BCUT2D eigenvalue weighted by atomic mass is 10.2. The first-order valence-corrected chi connectivity index (χ1v) is 6.50. The van der Waals surface area contributed by atoms with Crippen LogP contribution in [0.4, 0.5) is 0 Å². The molecule has 1 fully saturated rings. The number of carboxylic acid groups (broad SMARTS) is 1. The third-order valence-electron chi connectivity index (χ3n) is 3.13. The van der Waals surface area contributed by atoms with E-state index in [0.29, 0.717) is 0 Å². The van der Waals surface area contributed by atoms with E-state index in [0.717, 1.165) is 25.7 Å². The van der Waals surface area contributed by atoms with Gasteiger partial charge < -0.3 is 14.6 Å². The lowest BCUT2D eigenvalue weighted by Gasteiger charge is -2.25. The molecule has 18 heavy (non-hydrogen) atoms. The van der Waals surface area contributed by atoms with Gasteiger partial charge in [0.15, 0.2) is 5.92 Å². The van der Waals surface area contributed by atoms with Gasteiger partial charge in [0.25, 0.3) is 0 Å². The lowest BCUT2D eigenvalue weighted by Crippen LogP contribution is -2.34. The van der Waals surface area contributed by atoms with E-state index in [2.05, 4.69) is 0 Å². The van der Waals surface area contributed by atoms with Gasteiger partial charge in [-0.3, -0.25) is 9.59 Å². The predicted octanol–water partition coefficient (Wildman–Crippen LogP) is 2.19. The summed E-state index contributed by atoms with van der Waals surface area (Å²) in [5.74, 6) is -3.06. The SMILES string of the molecule is CC(C(=O)O)C(=O)OC(OC1CCCC1)C(C)C. The molecule has 2 atom stereocenters. The molecule has 1 aliphatic rings. The third kappa shape index (κ3) is 4.29. The van der Waals surface area contributed by atoms with Gasteiger partial charge in [0.1, 0.15) is 0 Å². The van der Waals surface area contributed by atoms with Crippen LogP contribution >= 0.6 is 0 Å². The summed E-state index contributed by atoms with van der Waals surface area (Å²) in [4.78, 5) is 22.3. The molecular formula is C13H22O5. The molecule has 1 rings (SSSR count). The Morgan fingerprint density at radius 3 is 2.17 bits per heavy atom. The second kappa shape index (κ2) is 6.73. The van der Waals surface area contributed by atoms with Crippen LogP contribution < -0.4 is 0 Å². The van der Waals surface area contributed by atoms with E-state index < -0.39 is 24.1 Å². The van der Waals surface area contributed by atoms with Crippen molar-refractivity contribution in [3.63, 3.8) is 0 Å². The molecule has 0 amide bonds. The molecule has 5 heteroatoms. The van der Waals surface area contributed by atoms with Crippen LogP contribution in [0.2, 0.25) is 0 Å². The Labute approximate surface area is 107 Å². The van der Waals surface area contributed by atoms with Gasteiger partial charge in [0.2, 0.25) is 6.29 Å². The quantitative estimate of drug-likeness (QED) is 0.449. The molecule has 0 saturated heterocycles. The summed E-state index contributed by atoms with van der Waals surface area (Å²) >= 11 is 0. The molecule has 0 aromatic rings. The summed E-state index contributed by atoms with van der Waals surface area (Å²) in [6.45, 7) is 5.09. The molecule has 1 N–H and O–H groups in total. The summed E-state index contributed by atoms with van der Waals surface area (Å²) in [6, 6.07) is 0. The van der Waals surface area contributed by atoms with Crippen LogP contribution in [0.3, 0.4) is 0 Å². The molecule has 0 spiro atoms. The number of hydrogen-bond donors (Lipinski definition) is 1. The molecule has 1 saturated carbocycles. The van der Waals surface area contributed by atoms with Crippen LogP contribution in [0.15, 0.2) is 0 Å². The fraction of sp³-hybridized carbons (Fsp3) is 0.846. The average molecular weight is 258 g/mol. The molecule has 0 aromatic carbocycles. The van der Waals surface area contributed by atoms with Crippen molar-refractivity contribution in [3.8, 4) is 0 Å². The van der Waals surface area contributed by atoms with Crippen molar-refractivity contribution < 1.29 is 24.2 Å². The molecule has 1 aliphatic carbocycles. The second-order valence-electron chi connectivity index (χ2n) is 5.15. The van der Waals surface area contributed by atoms with Crippen molar-refractivity contribution in [1.29, 1.82) is 0 Å². The Morgan fingerprint density at radius 1 is 1.17 bits per heavy atom. The summed E-state index contributed by atoms with van der Waals surface area (Å²) in [5.41, 5.74) is 0. The van der Waals surface area contributed by atoms with Crippen LogP contribution in [-0.4, -0.2) is 29.4 Å². The molecule has 0 aliphatic heterocycles.